The van der Waals surface area contributed by atoms with Gasteiger partial charge in [-0.1, -0.05) is 6.07 Å². The topological polar surface area (TPSA) is 56.8 Å². The Hall–Kier alpha value is -2.39. The van der Waals surface area contributed by atoms with Crippen LogP contribution in [0.1, 0.15) is 24.4 Å². The van der Waals surface area contributed by atoms with Crippen LogP contribution < -0.4 is 0 Å². The molecule has 0 saturated carbocycles. The predicted molar refractivity (Wildman–Crippen MR) is 94.3 cm³/mol. The Morgan fingerprint density at radius 1 is 1.36 bits per heavy atom. The highest BCUT2D eigenvalue weighted by Crippen LogP contribution is 2.37. The predicted octanol–water partition coefficient (Wildman–Crippen LogP) is 0.768. The molecule has 0 N–H and O–H groups in total. The maximum absolute atomic E-state index is 13.1. The molecule has 25 heavy (non-hydrogen) atoms. The molecule has 6 heteroatoms. The summed E-state index contributed by atoms with van der Waals surface area (Å²) in [6.07, 6.45) is 9.77. The van der Waals surface area contributed by atoms with E-state index in [2.05, 4.69) is 15.8 Å². The number of rotatable bonds is 4. The number of nitrogens with zero attached hydrogens (tertiary/aromatic N) is 4. The van der Waals surface area contributed by atoms with Crippen LogP contribution in [0.5, 0.6) is 0 Å². The average Bonchev–Trinajstić information content (AvgIpc) is 2.95. The lowest BCUT2D eigenvalue weighted by atomic mass is 9.93. The smallest absolute Gasteiger partial charge is 0.228 e. The monoisotopic (exact) mass is 340 g/mol. The highest BCUT2D eigenvalue weighted by Gasteiger charge is 2.44. The number of carbonyl (C=O) groups excluding carboxylic acids is 2. The molecule has 2 fully saturated rings. The lowest BCUT2D eigenvalue weighted by Gasteiger charge is -2.36. The number of amides is 2. The van der Waals surface area contributed by atoms with Gasteiger partial charge in [0.2, 0.25) is 11.8 Å². The molecule has 0 radical (unpaired) electrons. The third-order valence-corrected chi connectivity index (χ3v) is 5.19. The first kappa shape index (κ1) is 17.4. The van der Waals surface area contributed by atoms with Crippen molar-refractivity contribution < 1.29 is 9.59 Å². The van der Waals surface area contributed by atoms with Crippen LogP contribution in [0.15, 0.2) is 24.5 Å². The Labute approximate surface area is 148 Å². The quantitative estimate of drug-likeness (QED) is 0.760. The number of aromatic nitrogens is 1. The summed E-state index contributed by atoms with van der Waals surface area (Å²) in [6, 6.07) is 3.55. The number of likely N-dealkylation sites (tertiary alicyclic amines) is 1. The zero-order valence-electron chi connectivity index (χ0n) is 14.6. The maximum atomic E-state index is 13.1. The van der Waals surface area contributed by atoms with E-state index in [1.165, 1.54) is 0 Å². The Kier molecular flexibility index (Phi) is 5.34. The van der Waals surface area contributed by atoms with Crippen LogP contribution in [-0.4, -0.2) is 71.3 Å². The van der Waals surface area contributed by atoms with Gasteiger partial charge in [0.15, 0.2) is 0 Å². The summed E-state index contributed by atoms with van der Waals surface area (Å²) in [5.41, 5.74) is 0.918. The van der Waals surface area contributed by atoms with Crippen molar-refractivity contribution in [2.24, 2.45) is 5.92 Å². The third-order valence-electron chi connectivity index (χ3n) is 5.19. The van der Waals surface area contributed by atoms with Crippen LogP contribution in [0.25, 0.3) is 0 Å². The highest BCUT2D eigenvalue weighted by atomic mass is 16.2. The SMILES string of the molecule is C#CCCN1CCN(C(=O)[C@H]2CC(=O)N(C)[C@@H]2c2cccnc2)CC1. The molecule has 0 aromatic carbocycles. The van der Waals surface area contributed by atoms with E-state index < -0.39 is 0 Å². The van der Waals surface area contributed by atoms with Crippen LogP contribution in [0.3, 0.4) is 0 Å². The number of hydrogen-bond acceptors (Lipinski definition) is 4. The van der Waals surface area contributed by atoms with Crippen molar-refractivity contribution in [2.45, 2.75) is 18.9 Å². The fraction of sp³-hybridized carbons (Fsp3) is 0.526. The first-order chi connectivity index (χ1) is 12.1. The molecule has 2 amide bonds. The van der Waals surface area contributed by atoms with E-state index in [0.717, 1.165) is 31.6 Å². The fourth-order valence-corrected chi connectivity index (χ4v) is 3.75. The van der Waals surface area contributed by atoms with Crippen molar-refractivity contribution in [2.75, 3.05) is 39.8 Å². The molecule has 2 saturated heterocycles. The summed E-state index contributed by atoms with van der Waals surface area (Å²) < 4.78 is 0. The minimum atomic E-state index is -0.334. The van der Waals surface area contributed by atoms with E-state index in [-0.39, 0.29) is 30.2 Å². The van der Waals surface area contributed by atoms with Gasteiger partial charge in [0.1, 0.15) is 0 Å². The minimum Gasteiger partial charge on any atom is -0.340 e. The minimum absolute atomic E-state index is 0.0138. The second kappa shape index (κ2) is 7.66. The molecule has 0 unspecified atom stereocenters. The summed E-state index contributed by atoms with van der Waals surface area (Å²) in [5.74, 6) is 2.41. The molecule has 3 rings (SSSR count). The number of piperazine rings is 1. The molecule has 0 bridgehead atoms. The first-order valence-corrected chi connectivity index (χ1v) is 8.72. The summed E-state index contributed by atoms with van der Waals surface area (Å²) in [4.78, 5) is 35.3. The molecule has 1 aromatic rings. The van der Waals surface area contributed by atoms with Gasteiger partial charge < -0.3 is 9.80 Å². The van der Waals surface area contributed by atoms with E-state index in [1.54, 1.807) is 24.3 Å². The fourth-order valence-electron chi connectivity index (χ4n) is 3.75. The van der Waals surface area contributed by atoms with Crippen molar-refractivity contribution in [3.05, 3.63) is 30.1 Å². The molecule has 0 aliphatic carbocycles. The summed E-state index contributed by atoms with van der Waals surface area (Å²) in [7, 11) is 1.77. The Morgan fingerprint density at radius 3 is 2.76 bits per heavy atom. The lowest BCUT2D eigenvalue weighted by Crippen LogP contribution is -2.50. The standard InChI is InChI=1S/C19H24N4O2/c1-3-4-8-22-9-11-23(12-10-22)19(25)16-13-17(24)21(2)18(16)15-6-5-7-20-14-15/h1,5-7,14,16,18H,4,8-13H2,2H3/t16-,18+/m0/s1. The van der Waals surface area contributed by atoms with Crippen LogP contribution in [-0.2, 0) is 9.59 Å². The van der Waals surface area contributed by atoms with Crippen molar-refractivity contribution >= 4 is 11.8 Å². The van der Waals surface area contributed by atoms with Crippen LogP contribution in [0.2, 0.25) is 0 Å². The van der Waals surface area contributed by atoms with Crippen molar-refractivity contribution in [1.82, 2.24) is 19.7 Å². The van der Waals surface area contributed by atoms with E-state index in [4.69, 9.17) is 6.42 Å². The first-order valence-electron chi connectivity index (χ1n) is 8.72. The second-order valence-electron chi connectivity index (χ2n) is 6.67. The molecule has 3 heterocycles. The van der Waals surface area contributed by atoms with Gasteiger partial charge in [0.25, 0.3) is 0 Å². The normalized spacial score (nSPS) is 24.4. The number of pyridine rings is 1. The van der Waals surface area contributed by atoms with Gasteiger partial charge in [-0.15, -0.1) is 12.3 Å². The number of carbonyl (C=O) groups is 2. The van der Waals surface area contributed by atoms with E-state index in [0.29, 0.717) is 13.1 Å². The van der Waals surface area contributed by atoms with Gasteiger partial charge in [0, 0.05) is 65.0 Å². The van der Waals surface area contributed by atoms with Gasteiger partial charge in [-0.3, -0.25) is 19.5 Å². The maximum Gasteiger partial charge on any atom is 0.228 e. The van der Waals surface area contributed by atoms with Crippen molar-refractivity contribution in [3.63, 3.8) is 0 Å². The van der Waals surface area contributed by atoms with Crippen LogP contribution >= 0.6 is 0 Å². The number of terminal acetylenes is 1. The number of hydrogen-bond donors (Lipinski definition) is 0. The third kappa shape index (κ3) is 3.67. The van der Waals surface area contributed by atoms with E-state index in [9.17, 15) is 9.59 Å². The van der Waals surface area contributed by atoms with Gasteiger partial charge in [0.05, 0.1) is 12.0 Å². The van der Waals surface area contributed by atoms with Crippen molar-refractivity contribution in [1.29, 1.82) is 0 Å². The second-order valence-corrected chi connectivity index (χ2v) is 6.67. The molecule has 2 aliphatic rings. The molecule has 6 nitrogen and oxygen atoms in total. The Morgan fingerprint density at radius 2 is 2.12 bits per heavy atom. The summed E-state index contributed by atoms with van der Waals surface area (Å²) in [5, 5.41) is 0. The average molecular weight is 340 g/mol. The van der Waals surface area contributed by atoms with Crippen LogP contribution in [0, 0.1) is 18.3 Å². The molecule has 2 atom stereocenters. The van der Waals surface area contributed by atoms with E-state index in [1.807, 2.05) is 17.0 Å². The molecular formula is C19H24N4O2. The van der Waals surface area contributed by atoms with E-state index >= 15 is 0 Å². The van der Waals surface area contributed by atoms with Gasteiger partial charge in [-0.05, 0) is 11.6 Å². The zero-order chi connectivity index (χ0) is 17.8. The Bertz CT molecular complexity index is 662. The highest BCUT2D eigenvalue weighted by molar-refractivity contribution is 5.90. The van der Waals surface area contributed by atoms with Gasteiger partial charge in [-0.25, -0.2) is 0 Å². The van der Waals surface area contributed by atoms with Crippen LogP contribution in [0.4, 0.5) is 0 Å². The molecule has 1 aromatic heterocycles. The zero-order valence-corrected chi connectivity index (χ0v) is 14.6. The lowest BCUT2D eigenvalue weighted by molar-refractivity contribution is -0.138. The van der Waals surface area contributed by atoms with Gasteiger partial charge >= 0.3 is 0 Å². The largest absolute Gasteiger partial charge is 0.340 e. The summed E-state index contributed by atoms with van der Waals surface area (Å²) in [6.45, 7) is 3.93. The Balaban J connectivity index is 1.69. The molecule has 0 spiro atoms. The molecule has 132 valence electrons. The van der Waals surface area contributed by atoms with Crippen molar-refractivity contribution in [3.8, 4) is 12.3 Å². The molecule has 2 aliphatic heterocycles. The molecular weight excluding hydrogens is 316 g/mol. The van der Waals surface area contributed by atoms with Gasteiger partial charge in [-0.2, -0.15) is 0 Å². The summed E-state index contributed by atoms with van der Waals surface area (Å²) >= 11 is 0.